The summed E-state index contributed by atoms with van der Waals surface area (Å²) >= 11 is 1.91. The van der Waals surface area contributed by atoms with Crippen LogP contribution in [0.3, 0.4) is 0 Å². The van der Waals surface area contributed by atoms with Gasteiger partial charge in [0, 0.05) is 9.79 Å². The summed E-state index contributed by atoms with van der Waals surface area (Å²) in [5.41, 5.74) is 8.50. The van der Waals surface area contributed by atoms with Crippen molar-refractivity contribution in [1.82, 2.24) is 0 Å². The Bertz CT molecular complexity index is 1630. The molecule has 0 bridgehead atoms. The molecular formula is C56H78O2S. The first-order chi connectivity index (χ1) is 29.0. The summed E-state index contributed by atoms with van der Waals surface area (Å²) in [6, 6.07) is 33.0. The molecule has 0 aliphatic heterocycles. The number of hydrogen-bond donors (Lipinski definition) is 0. The molecule has 0 aromatic heterocycles. The van der Waals surface area contributed by atoms with Crippen LogP contribution in [-0.2, 0) is 12.8 Å². The largest absolute Gasteiger partial charge is 0.494 e. The van der Waals surface area contributed by atoms with Gasteiger partial charge in [0.15, 0.2) is 0 Å². The van der Waals surface area contributed by atoms with Gasteiger partial charge in [0.1, 0.15) is 11.5 Å². The van der Waals surface area contributed by atoms with Gasteiger partial charge < -0.3 is 9.47 Å². The molecule has 2 aliphatic rings. The van der Waals surface area contributed by atoms with Crippen molar-refractivity contribution in [2.75, 3.05) is 13.2 Å². The van der Waals surface area contributed by atoms with Crippen LogP contribution in [0.2, 0.25) is 0 Å². The number of unbranched alkanes of at least 4 members (excludes halogenated alkanes) is 6. The van der Waals surface area contributed by atoms with Crippen LogP contribution in [0.4, 0.5) is 0 Å². The second-order valence-electron chi connectivity index (χ2n) is 18.3. The van der Waals surface area contributed by atoms with E-state index in [-0.39, 0.29) is 0 Å². The lowest BCUT2D eigenvalue weighted by atomic mass is 9.77. The molecule has 0 radical (unpaired) electrons. The smallest absolute Gasteiger partial charge is 0.119 e. The average molecular weight is 815 g/mol. The maximum absolute atomic E-state index is 6.34. The first-order valence-corrected chi connectivity index (χ1v) is 25.2. The van der Waals surface area contributed by atoms with Gasteiger partial charge in [-0.15, -0.1) is 0 Å². The molecule has 6 rings (SSSR count). The van der Waals surface area contributed by atoms with Crippen LogP contribution in [0.15, 0.2) is 94.7 Å². The average Bonchev–Trinajstić information content (AvgIpc) is 3.27. The van der Waals surface area contributed by atoms with Gasteiger partial charge >= 0.3 is 0 Å². The van der Waals surface area contributed by atoms with E-state index in [4.69, 9.17) is 9.47 Å². The molecule has 0 saturated heterocycles. The van der Waals surface area contributed by atoms with Crippen LogP contribution in [0, 0.1) is 11.8 Å². The van der Waals surface area contributed by atoms with E-state index in [0.29, 0.717) is 0 Å². The summed E-state index contributed by atoms with van der Waals surface area (Å²) < 4.78 is 12.7. The van der Waals surface area contributed by atoms with E-state index >= 15 is 0 Å². The van der Waals surface area contributed by atoms with Gasteiger partial charge in [-0.1, -0.05) is 152 Å². The van der Waals surface area contributed by atoms with Gasteiger partial charge in [0.05, 0.1) is 13.2 Å². The number of benzene rings is 4. The minimum atomic E-state index is 0.719. The lowest BCUT2D eigenvalue weighted by Crippen LogP contribution is -2.13. The van der Waals surface area contributed by atoms with E-state index in [9.17, 15) is 0 Å². The molecule has 0 spiro atoms. The van der Waals surface area contributed by atoms with Crippen molar-refractivity contribution in [3.8, 4) is 11.5 Å². The Labute approximate surface area is 365 Å². The fraction of sp³-hybridized carbons (Fsp3) is 0.571. The maximum atomic E-state index is 6.34. The molecule has 2 fully saturated rings. The molecule has 3 heteroatoms. The second-order valence-corrected chi connectivity index (χ2v) is 19.4. The standard InChI is InChI=1S/C56H78O2S/c1-5-9-13-37-57-53-33-35-55(51(41-53)39-45-21-29-49(30-22-45)47-25-17-43(18-26-47)15-11-7-3)59-56-36-34-54(58-38-14-10-6-2)42-52(56)40-46-23-31-50(32-24-46)48-27-19-44(20-28-48)16-12-8-4/h21-24,29-36,41-44,47-48H,5-20,25-28,37-40H2,1-4H3/t43-,44-,47-,48-. The topological polar surface area (TPSA) is 18.5 Å². The first kappa shape index (κ1) is 45.4. The van der Waals surface area contributed by atoms with Crippen LogP contribution >= 0.6 is 11.8 Å². The predicted molar refractivity (Wildman–Crippen MR) is 254 cm³/mol. The molecule has 0 unspecified atom stereocenters. The van der Waals surface area contributed by atoms with Crippen molar-refractivity contribution in [2.24, 2.45) is 11.8 Å². The Hall–Kier alpha value is -3.17. The van der Waals surface area contributed by atoms with Crippen molar-refractivity contribution in [1.29, 1.82) is 0 Å². The zero-order valence-electron chi connectivity index (χ0n) is 37.6. The van der Waals surface area contributed by atoms with E-state index in [1.54, 1.807) is 0 Å². The third-order valence-corrected chi connectivity index (χ3v) is 14.9. The lowest BCUT2D eigenvalue weighted by Gasteiger charge is -2.29. The molecule has 0 atom stereocenters. The minimum Gasteiger partial charge on any atom is -0.494 e. The second kappa shape index (κ2) is 24.9. The molecule has 4 aromatic carbocycles. The highest BCUT2D eigenvalue weighted by atomic mass is 32.2. The molecule has 2 aliphatic carbocycles. The Balaban J connectivity index is 1.19. The van der Waals surface area contributed by atoms with Crippen molar-refractivity contribution in [3.63, 3.8) is 0 Å². The molecule has 0 N–H and O–H groups in total. The van der Waals surface area contributed by atoms with E-state index in [0.717, 1.165) is 74.1 Å². The summed E-state index contributed by atoms with van der Waals surface area (Å²) in [6.45, 7) is 10.7. The molecule has 0 amide bonds. The Kier molecular flexibility index (Phi) is 19.2. The summed E-state index contributed by atoms with van der Waals surface area (Å²) in [4.78, 5) is 2.62. The van der Waals surface area contributed by atoms with Crippen molar-refractivity contribution >= 4 is 11.8 Å². The van der Waals surface area contributed by atoms with Crippen LogP contribution in [0.1, 0.15) is 201 Å². The highest BCUT2D eigenvalue weighted by molar-refractivity contribution is 7.99. The summed E-state index contributed by atoms with van der Waals surface area (Å²) in [7, 11) is 0. The Morgan fingerprint density at radius 2 is 0.831 bits per heavy atom. The highest BCUT2D eigenvalue weighted by Crippen LogP contribution is 2.41. The normalized spacial score (nSPS) is 19.5. The third kappa shape index (κ3) is 14.5. The van der Waals surface area contributed by atoms with Gasteiger partial charge in [0.2, 0.25) is 0 Å². The highest BCUT2D eigenvalue weighted by Gasteiger charge is 2.23. The van der Waals surface area contributed by atoms with Gasteiger partial charge in [-0.25, -0.2) is 0 Å². The van der Waals surface area contributed by atoms with Gasteiger partial charge in [-0.05, 0) is 171 Å². The van der Waals surface area contributed by atoms with E-state index in [1.807, 2.05) is 11.8 Å². The molecular weight excluding hydrogens is 737 g/mol. The molecule has 0 heterocycles. The number of hydrogen-bond acceptors (Lipinski definition) is 3. The zero-order chi connectivity index (χ0) is 41.1. The third-order valence-electron chi connectivity index (χ3n) is 13.6. The summed E-state index contributed by atoms with van der Waals surface area (Å²) in [6.07, 6.45) is 28.1. The minimum absolute atomic E-state index is 0.719. The van der Waals surface area contributed by atoms with Gasteiger partial charge in [0.25, 0.3) is 0 Å². The van der Waals surface area contributed by atoms with Crippen molar-refractivity contribution < 1.29 is 9.47 Å². The Morgan fingerprint density at radius 1 is 0.441 bits per heavy atom. The molecule has 320 valence electrons. The monoisotopic (exact) mass is 815 g/mol. The Morgan fingerprint density at radius 3 is 1.20 bits per heavy atom. The fourth-order valence-corrected chi connectivity index (χ4v) is 10.8. The lowest BCUT2D eigenvalue weighted by molar-refractivity contribution is 0.304. The molecule has 2 saturated carbocycles. The quantitative estimate of drug-likeness (QED) is 0.0657. The van der Waals surface area contributed by atoms with Crippen LogP contribution < -0.4 is 9.47 Å². The maximum Gasteiger partial charge on any atom is 0.119 e. The van der Waals surface area contributed by atoms with Crippen LogP contribution in [-0.4, -0.2) is 13.2 Å². The van der Waals surface area contributed by atoms with Crippen molar-refractivity contribution in [2.45, 2.75) is 191 Å². The van der Waals surface area contributed by atoms with Gasteiger partial charge in [-0.3, -0.25) is 0 Å². The predicted octanol–water partition coefficient (Wildman–Crippen LogP) is 17.1. The number of ether oxygens (including phenoxy) is 2. The molecule has 59 heavy (non-hydrogen) atoms. The van der Waals surface area contributed by atoms with Gasteiger partial charge in [-0.2, -0.15) is 0 Å². The first-order valence-electron chi connectivity index (χ1n) is 24.4. The number of rotatable bonds is 24. The molecule has 4 aromatic rings. The van der Waals surface area contributed by atoms with E-state index < -0.39 is 0 Å². The van der Waals surface area contributed by atoms with E-state index in [1.165, 1.54) is 159 Å². The summed E-state index contributed by atoms with van der Waals surface area (Å²) in [5.74, 6) is 5.31. The molecule has 2 nitrogen and oxygen atoms in total. The fourth-order valence-electron chi connectivity index (χ4n) is 9.78. The van der Waals surface area contributed by atoms with E-state index in [2.05, 4.69) is 113 Å². The summed E-state index contributed by atoms with van der Waals surface area (Å²) in [5, 5.41) is 0. The SMILES string of the molecule is CCCCCOc1ccc(Sc2ccc(OCCCCC)cc2Cc2ccc([C@H]3CC[C@H](CCCC)CC3)cc2)c(Cc2ccc([C@H]3CC[C@H](CCCC)CC3)cc2)c1. The van der Waals surface area contributed by atoms with Crippen LogP contribution in [0.25, 0.3) is 0 Å². The van der Waals surface area contributed by atoms with Crippen LogP contribution in [0.5, 0.6) is 11.5 Å². The van der Waals surface area contributed by atoms with Crippen molar-refractivity contribution in [3.05, 3.63) is 118 Å². The zero-order valence-corrected chi connectivity index (χ0v) is 38.4.